The van der Waals surface area contributed by atoms with E-state index in [4.69, 9.17) is 43.4 Å². The van der Waals surface area contributed by atoms with Gasteiger partial charge in [-0.1, -0.05) is 130 Å². The SMILES string of the molecule is COCCOCCOC.COCCOCCOC.C[Si](C)([N-]c1ccccc1)N1CCN([Si](C)(C)[N-]c2ccccc2)CCN([Si](C)(C)[N-]c2ccccc2)CC1.[Eu+2].[Na+]. The van der Waals surface area contributed by atoms with Gasteiger partial charge < -0.3 is 57.1 Å². The fraction of sp³-hybridized carbons (Fsp3) is 0.571. The van der Waals surface area contributed by atoms with Gasteiger partial charge in [0.05, 0.1) is 52.9 Å². The van der Waals surface area contributed by atoms with E-state index in [1.54, 1.807) is 28.4 Å². The van der Waals surface area contributed by atoms with Crippen molar-refractivity contribution in [3.05, 3.63) is 106 Å². The number of benzene rings is 3. The summed E-state index contributed by atoms with van der Waals surface area (Å²) in [5.41, 5.74) is 3.26. The number of nitrogens with zero attached hydrogens (tertiary/aromatic N) is 6. The van der Waals surface area contributed by atoms with Crippen molar-refractivity contribution < 1.29 is 107 Å². The van der Waals surface area contributed by atoms with E-state index in [-0.39, 0.29) is 78.9 Å². The first-order valence-electron chi connectivity index (χ1n) is 20.1. The summed E-state index contributed by atoms with van der Waals surface area (Å²) in [7, 11) is 0.396. The van der Waals surface area contributed by atoms with Crippen molar-refractivity contribution >= 4 is 42.3 Å². The molecule has 0 spiro atoms. The van der Waals surface area contributed by atoms with Crippen molar-refractivity contribution in [2.75, 3.05) is 121 Å². The predicted octanol–water partition coefficient (Wildman–Crippen LogP) is 5.72. The van der Waals surface area contributed by atoms with E-state index in [9.17, 15) is 0 Å². The molecular formula is C42H73EuN6NaO6Si3. The molecule has 0 saturated carbocycles. The van der Waals surface area contributed by atoms with Gasteiger partial charge in [0.25, 0.3) is 0 Å². The third-order valence-electron chi connectivity index (χ3n) is 9.45. The van der Waals surface area contributed by atoms with Crippen molar-refractivity contribution in [2.24, 2.45) is 0 Å². The fourth-order valence-corrected chi connectivity index (χ4v) is 12.8. The molecule has 0 N–H and O–H groups in total. The first-order chi connectivity index (χ1) is 27.4. The van der Waals surface area contributed by atoms with E-state index in [1.807, 2.05) is 0 Å². The summed E-state index contributed by atoms with van der Waals surface area (Å²) in [4.78, 5) is 16.0. The normalized spacial score (nSPS) is 14.3. The molecule has 0 amide bonds. The largest absolute Gasteiger partial charge is 2.00 e. The van der Waals surface area contributed by atoms with Crippen LogP contribution in [0.5, 0.6) is 0 Å². The summed E-state index contributed by atoms with van der Waals surface area (Å²) in [5, 5.41) is 0. The molecule has 1 fully saturated rings. The maximum Gasteiger partial charge on any atom is 2.00 e. The Morgan fingerprint density at radius 2 is 0.593 bits per heavy atom. The molecule has 1 saturated heterocycles. The van der Waals surface area contributed by atoms with E-state index in [2.05, 4.69) is 144 Å². The third-order valence-corrected chi connectivity index (χ3v) is 17.8. The van der Waals surface area contributed by atoms with Gasteiger partial charge in [-0.3, -0.25) is 0 Å². The summed E-state index contributed by atoms with van der Waals surface area (Å²) in [5.74, 6) is 0. The van der Waals surface area contributed by atoms with Gasteiger partial charge in [-0.15, -0.1) is 17.1 Å². The second-order valence-corrected chi connectivity index (χ2v) is 26.5. The average molecular weight is 1020 g/mol. The first kappa shape index (κ1) is 58.9. The van der Waals surface area contributed by atoms with Gasteiger partial charge in [0, 0.05) is 92.9 Å². The predicted molar refractivity (Wildman–Crippen MR) is 245 cm³/mol. The maximum atomic E-state index is 5.33. The van der Waals surface area contributed by atoms with Gasteiger partial charge in [0.15, 0.2) is 0 Å². The summed E-state index contributed by atoms with van der Waals surface area (Å²) in [6.45, 7) is 25.7. The van der Waals surface area contributed by atoms with Crippen molar-refractivity contribution in [3.63, 3.8) is 0 Å². The summed E-state index contributed by atoms with van der Waals surface area (Å²) >= 11 is 0. The van der Waals surface area contributed by atoms with E-state index in [1.165, 1.54) is 0 Å². The second-order valence-electron chi connectivity index (χ2n) is 15.0. The third kappa shape index (κ3) is 25.7. The monoisotopic (exact) mass is 1020 g/mol. The molecule has 0 aliphatic carbocycles. The number of hydrogen-bond acceptors (Lipinski definition) is 9. The summed E-state index contributed by atoms with van der Waals surface area (Å²) < 4.78 is 37.3. The van der Waals surface area contributed by atoms with Gasteiger partial charge in [0.2, 0.25) is 0 Å². The number of ether oxygens (including phenoxy) is 6. The summed E-state index contributed by atoms with van der Waals surface area (Å²) in [6, 6.07) is 31.5. The van der Waals surface area contributed by atoms with Crippen LogP contribution in [0.2, 0.25) is 39.3 Å². The van der Waals surface area contributed by atoms with Crippen LogP contribution in [-0.2, 0) is 28.4 Å². The van der Waals surface area contributed by atoms with Crippen LogP contribution in [0.1, 0.15) is 0 Å². The van der Waals surface area contributed by atoms with Gasteiger partial charge in [0.1, 0.15) is 0 Å². The van der Waals surface area contributed by atoms with Crippen LogP contribution in [0, 0.1) is 49.4 Å². The number of rotatable bonds is 21. The molecule has 1 aliphatic heterocycles. The van der Waals surface area contributed by atoms with Crippen LogP contribution in [0.25, 0.3) is 14.9 Å². The molecule has 12 nitrogen and oxygen atoms in total. The van der Waals surface area contributed by atoms with Crippen LogP contribution < -0.4 is 29.6 Å². The van der Waals surface area contributed by atoms with Crippen LogP contribution in [0.15, 0.2) is 91.0 Å². The molecule has 4 rings (SSSR count). The molecule has 17 heteroatoms. The standard InChI is InChI=1S/C30H45N6Si3.2C6H14O3.Eu.Na/c1-37(2,31-28-16-10-7-11-17-28)34-22-24-35(38(3,4)32-29-18-12-8-13-19-29)26-27-36(25-23-34)39(5,6)33-30-20-14-9-15-21-30;2*1-7-3-5-9-6-4-8-2;;/h7-21H,22-27H2,1-6H3;2*3-6H2,1-2H3;;/q-3;;;+2;+1. The van der Waals surface area contributed by atoms with Crippen LogP contribution in [-0.4, -0.2) is 159 Å². The van der Waals surface area contributed by atoms with Crippen molar-refractivity contribution in [1.82, 2.24) is 13.7 Å². The maximum absolute atomic E-state index is 5.33. The Balaban J connectivity index is 0.00000140. The molecule has 3 aromatic carbocycles. The van der Waals surface area contributed by atoms with E-state index >= 15 is 0 Å². The Morgan fingerprint density at radius 1 is 0.390 bits per heavy atom. The fourth-order valence-electron chi connectivity index (χ4n) is 6.14. The molecule has 1 radical (unpaired) electrons. The summed E-state index contributed by atoms with van der Waals surface area (Å²) in [6.07, 6.45) is 0. The molecule has 327 valence electrons. The van der Waals surface area contributed by atoms with Crippen molar-refractivity contribution in [1.29, 1.82) is 0 Å². The molecule has 1 heterocycles. The minimum absolute atomic E-state index is 0. The molecular weight excluding hydrogens is 944 g/mol. The minimum Gasteiger partial charge on any atom is -0.675 e. The zero-order valence-corrected chi connectivity index (χ0v) is 45.5. The van der Waals surface area contributed by atoms with Crippen molar-refractivity contribution in [2.45, 2.75) is 39.3 Å². The molecule has 1 aliphatic rings. The Kier molecular flexibility index (Phi) is 34.3. The molecule has 59 heavy (non-hydrogen) atoms. The van der Waals surface area contributed by atoms with E-state index < -0.39 is 25.2 Å². The minimum atomic E-state index is -2.07. The van der Waals surface area contributed by atoms with Crippen LogP contribution in [0.4, 0.5) is 17.1 Å². The molecule has 0 aromatic heterocycles. The molecule has 0 unspecified atom stereocenters. The van der Waals surface area contributed by atoms with Crippen LogP contribution in [0.3, 0.4) is 0 Å². The number of methoxy groups -OCH3 is 4. The van der Waals surface area contributed by atoms with Crippen LogP contribution >= 0.6 is 0 Å². The quantitative estimate of drug-likeness (QED) is 0.0979. The van der Waals surface area contributed by atoms with Crippen molar-refractivity contribution in [3.8, 4) is 0 Å². The molecule has 0 bridgehead atoms. The molecule has 0 atom stereocenters. The average Bonchev–Trinajstić information content (AvgIpc) is 3.31. The zero-order chi connectivity index (χ0) is 41.8. The Hall–Kier alpha value is -0.0649. The van der Waals surface area contributed by atoms with Gasteiger partial charge in [-0.05, 0) is 0 Å². The first-order valence-corrected chi connectivity index (χ1v) is 28.8. The topological polar surface area (TPSA) is 107 Å². The Morgan fingerprint density at radius 3 is 0.780 bits per heavy atom. The van der Waals surface area contributed by atoms with Gasteiger partial charge in [-0.2, -0.15) is 0 Å². The Bertz CT molecular complexity index is 1230. The van der Waals surface area contributed by atoms with Gasteiger partial charge >= 0.3 is 78.9 Å². The second kappa shape index (κ2) is 34.4. The van der Waals surface area contributed by atoms with E-state index in [0.717, 1.165) is 56.3 Å². The smallest absolute Gasteiger partial charge is 0.675 e. The molecule has 3 aromatic rings. The van der Waals surface area contributed by atoms with Gasteiger partial charge in [-0.25, -0.2) is 0 Å². The Labute approximate surface area is 424 Å². The van der Waals surface area contributed by atoms with E-state index in [0.29, 0.717) is 52.9 Å². The zero-order valence-electron chi connectivity index (χ0n) is 38.1. The number of hydrogen-bond donors (Lipinski definition) is 0.